The Morgan fingerprint density at radius 3 is 2.31 bits per heavy atom. The Labute approximate surface area is 241 Å². The van der Waals surface area contributed by atoms with Crippen LogP contribution in [0.4, 0.5) is 22.0 Å². The van der Waals surface area contributed by atoms with Gasteiger partial charge in [-0.3, -0.25) is 19.1 Å². The number of alkyl halides is 3. The van der Waals surface area contributed by atoms with Gasteiger partial charge in [0, 0.05) is 18.2 Å². The molecule has 4 rings (SSSR count). The van der Waals surface area contributed by atoms with Crippen molar-refractivity contribution in [2.75, 3.05) is 6.54 Å². The molecule has 7 nitrogen and oxygen atoms in total. The summed E-state index contributed by atoms with van der Waals surface area (Å²) in [4.78, 5) is 39.0. The van der Waals surface area contributed by atoms with E-state index in [-0.39, 0.29) is 47.4 Å². The zero-order valence-corrected chi connectivity index (χ0v) is 22.6. The number of terminal acetylenes is 1. The molecule has 1 aromatic heterocycles. The Morgan fingerprint density at radius 2 is 1.74 bits per heavy atom. The standard InChI is InChI=1S/C29H23ClF5N3O4/c1-2-17-4-3-5-23(30)25(17)24(39)15-37(14-16-10-19(31)12-20(32)11-16)27(40)22-13-36-38(26(22)29(33,34)35)21-8-6-18(7-9-21)28(41)42/h1,3-5,10-13,18,21H,6-9,14-15H2,(H,41,42)/t18-,21-. The van der Waals surface area contributed by atoms with Gasteiger partial charge in [-0.25, -0.2) is 8.78 Å². The third-order valence-electron chi connectivity index (χ3n) is 7.05. The van der Waals surface area contributed by atoms with E-state index in [2.05, 4.69) is 11.0 Å². The van der Waals surface area contributed by atoms with E-state index in [1.54, 1.807) is 0 Å². The number of halogens is 6. The monoisotopic (exact) mass is 607 g/mol. The lowest BCUT2D eigenvalue weighted by Crippen LogP contribution is -2.37. The van der Waals surface area contributed by atoms with Crippen LogP contribution in [-0.2, 0) is 17.5 Å². The highest BCUT2D eigenvalue weighted by Gasteiger charge is 2.43. The molecule has 1 amide bonds. The van der Waals surface area contributed by atoms with Crippen LogP contribution in [-0.4, -0.2) is 44.0 Å². The molecule has 0 aliphatic heterocycles. The van der Waals surface area contributed by atoms with E-state index in [0.717, 1.165) is 18.3 Å². The van der Waals surface area contributed by atoms with Gasteiger partial charge in [0.15, 0.2) is 11.5 Å². The van der Waals surface area contributed by atoms with Crippen molar-refractivity contribution in [1.82, 2.24) is 14.7 Å². The fourth-order valence-corrected chi connectivity index (χ4v) is 5.40. The fraction of sp³-hybridized carbons (Fsp3) is 0.310. The summed E-state index contributed by atoms with van der Waals surface area (Å²) in [6.45, 7) is -1.47. The van der Waals surface area contributed by atoms with Crippen LogP contribution in [0.5, 0.6) is 0 Å². The summed E-state index contributed by atoms with van der Waals surface area (Å²) in [5.74, 6) is -3.53. The van der Waals surface area contributed by atoms with Gasteiger partial charge in [0.05, 0.1) is 40.9 Å². The summed E-state index contributed by atoms with van der Waals surface area (Å²) in [7, 11) is 0. The second-order valence-corrected chi connectivity index (χ2v) is 10.3. The van der Waals surface area contributed by atoms with Crippen molar-refractivity contribution in [3.63, 3.8) is 0 Å². The van der Waals surface area contributed by atoms with Gasteiger partial charge in [-0.1, -0.05) is 23.6 Å². The van der Waals surface area contributed by atoms with Crippen molar-refractivity contribution in [3.05, 3.63) is 87.2 Å². The number of hydrogen-bond acceptors (Lipinski definition) is 4. The third kappa shape index (κ3) is 6.62. The van der Waals surface area contributed by atoms with Crippen molar-refractivity contribution in [1.29, 1.82) is 0 Å². The number of nitrogens with zero attached hydrogens (tertiary/aromatic N) is 3. The average Bonchev–Trinajstić information content (AvgIpc) is 3.37. The number of carboxylic acids is 1. The van der Waals surface area contributed by atoms with E-state index < -0.39 is 71.8 Å². The number of Topliss-reactive ketones (excluding diaryl/α,β-unsaturated/α-hetero) is 1. The van der Waals surface area contributed by atoms with Crippen molar-refractivity contribution >= 4 is 29.3 Å². The van der Waals surface area contributed by atoms with Crippen LogP contribution in [0.2, 0.25) is 5.02 Å². The van der Waals surface area contributed by atoms with E-state index in [9.17, 15) is 41.4 Å². The average molecular weight is 608 g/mol. The summed E-state index contributed by atoms with van der Waals surface area (Å²) in [5, 5.41) is 13.0. The van der Waals surface area contributed by atoms with Crippen LogP contribution in [0.15, 0.2) is 42.6 Å². The number of benzene rings is 2. The molecule has 1 fully saturated rings. The van der Waals surface area contributed by atoms with Crippen molar-refractivity contribution < 1.29 is 41.4 Å². The summed E-state index contributed by atoms with van der Waals surface area (Å²) in [6.07, 6.45) is 1.55. The number of ketones is 1. The first-order valence-corrected chi connectivity index (χ1v) is 13.1. The van der Waals surface area contributed by atoms with Gasteiger partial charge in [0.1, 0.15) is 11.6 Å². The molecule has 0 unspecified atom stereocenters. The second kappa shape index (κ2) is 12.3. The van der Waals surface area contributed by atoms with E-state index in [1.807, 2.05) is 0 Å². The van der Waals surface area contributed by atoms with E-state index in [4.69, 9.17) is 18.0 Å². The Bertz CT molecular complexity index is 1550. The number of carbonyl (C=O) groups is 3. The van der Waals surface area contributed by atoms with E-state index in [0.29, 0.717) is 15.6 Å². The van der Waals surface area contributed by atoms with Gasteiger partial charge in [-0.2, -0.15) is 18.3 Å². The minimum absolute atomic E-state index is 0.0552. The van der Waals surface area contributed by atoms with Gasteiger partial charge in [-0.15, -0.1) is 6.42 Å². The highest BCUT2D eigenvalue weighted by Crippen LogP contribution is 2.39. The minimum Gasteiger partial charge on any atom is -0.481 e. The molecule has 1 saturated carbocycles. The van der Waals surface area contributed by atoms with Crippen molar-refractivity contribution in [3.8, 4) is 12.3 Å². The first-order valence-electron chi connectivity index (χ1n) is 12.7. The molecule has 0 radical (unpaired) electrons. The zero-order valence-electron chi connectivity index (χ0n) is 21.8. The summed E-state index contributed by atoms with van der Waals surface area (Å²) in [5.41, 5.74) is -2.46. The fourth-order valence-electron chi connectivity index (χ4n) is 5.12. The Morgan fingerprint density at radius 1 is 1.10 bits per heavy atom. The number of carbonyl (C=O) groups excluding carboxylic acids is 2. The van der Waals surface area contributed by atoms with E-state index >= 15 is 0 Å². The van der Waals surface area contributed by atoms with Crippen LogP contribution >= 0.6 is 11.6 Å². The summed E-state index contributed by atoms with van der Waals surface area (Å²) < 4.78 is 71.8. The molecule has 13 heteroatoms. The van der Waals surface area contributed by atoms with Crippen LogP contribution in [0.25, 0.3) is 0 Å². The third-order valence-corrected chi connectivity index (χ3v) is 7.37. The molecular formula is C29H23ClF5N3O4. The molecule has 1 heterocycles. The quantitative estimate of drug-likeness (QED) is 0.188. The zero-order chi connectivity index (χ0) is 30.8. The number of carboxylic acid groups (broad SMARTS) is 1. The SMILES string of the molecule is C#Cc1cccc(Cl)c1C(=O)CN(Cc1cc(F)cc(F)c1)C(=O)c1cnn([C@H]2CC[C@H](C(=O)O)CC2)c1C(F)(F)F. The molecule has 1 aliphatic carbocycles. The van der Waals surface area contributed by atoms with Crippen LogP contribution < -0.4 is 0 Å². The molecule has 2 aromatic carbocycles. The summed E-state index contributed by atoms with van der Waals surface area (Å²) >= 11 is 6.17. The topological polar surface area (TPSA) is 92.5 Å². The van der Waals surface area contributed by atoms with Gasteiger partial charge < -0.3 is 10.0 Å². The molecule has 0 bridgehead atoms. The maximum atomic E-state index is 14.4. The van der Waals surface area contributed by atoms with Crippen molar-refractivity contribution in [2.45, 2.75) is 44.4 Å². The molecule has 220 valence electrons. The molecule has 0 atom stereocenters. The maximum Gasteiger partial charge on any atom is 0.433 e. The molecule has 3 aromatic rings. The predicted molar refractivity (Wildman–Crippen MR) is 141 cm³/mol. The lowest BCUT2D eigenvalue weighted by Gasteiger charge is -2.28. The second-order valence-electron chi connectivity index (χ2n) is 9.86. The number of amides is 1. The number of hydrogen-bond donors (Lipinski definition) is 1. The number of aromatic nitrogens is 2. The Balaban J connectivity index is 1.74. The molecule has 0 spiro atoms. The molecular weight excluding hydrogens is 585 g/mol. The largest absolute Gasteiger partial charge is 0.481 e. The lowest BCUT2D eigenvalue weighted by atomic mass is 9.86. The highest BCUT2D eigenvalue weighted by molar-refractivity contribution is 6.34. The Hall–Kier alpha value is -4.24. The van der Waals surface area contributed by atoms with Crippen molar-refractivity contribution in [2.24, 2.45) is 5.92 Å². The molecule has 1 aliphatic rings. The summed E-state index contributed by atoms with van der Waals surface area (Å²) in [6, 6.07) is 5.78. The van der Waals surface area contributed by atoms with Gasteiger partial charge in [0.2, 0.25) is 0 Å². The minimum atomic E-state index is -5.06. The predicted octanol–water partition coefficient (Wildman–Crippen LogP) is 6.16. The smallest absolute Gasteiger partial charge is 0.433 e. The van der Waals surface area contributed by atoms with E-state index in [1.165, 1.54) is 18.2 Å². The first kappa shape index (κ1) is 30.7. The number of aliphatic carboxylic acids is 1. The highest BCUT2D eigenvalue weighted by atomic mass is 35.5. The van der Waals surface area contributed by atoms with Crippen LogP contribution in [0.1, 0.15) is 69.3 Å². The van der Waals surface area contributed by atoms with Gasteiger partial charge in [-0.05, 0) is 55.5 Å². The first-order chi connectivity index (χ1) is 19.8. The number of rotatable bonds is 8. The van der Waals surface area contributed by atoms with Gasteiger partial charge in [0.25, 0.3) is 5.91 Å². The maximum absolute atomic E-state index is 14.4. The Kier molecular flexibility index (Phi) is 9.01. The van der Waals surface area contributed by atoms with Gasteiger partial charge >= 0.3 is 12.1 Å². The lowest BCUT2D eigenvalue weighted by molar-refractivity contribution is -0.147. The molecule has 1 N–H and O–H groups in total. The molecule has 42 heavy (non-hydrogen) atoms. The molecule has 0 saturated heterocycles. The van der Waals surface area contributed by atoms with Crippen LogP contribution in [0.3, 0.4) is 0 Å². The van der Waals surface area contributed by atoms with Crippen LogP contribution in [0, 0.1) is 29.9 Å². The normalized spacial score (nSPS) is 17.0.